The monoisotopic (exact) mass is 268 g/mol. The summed E-state index contributed by atoms with van der Waals surface area (Å²) in [5.74, 6) is 0.683. The average molecular weight is 268 g/mol. The zero-order chi connectivity index (χ0) is 13.7. The fourth-order valence-corrected chi connectivity index (χ4v) is 3.60. The molecule has 0 fully saturated rings. The van der Waals surface area contributed by atoms with E-state index in [4.69, 9.17) is 4.98 Å². The Hall–Kier alpha value is -0.410. The van der Waals surface area contributed by atoms with Crippen LogP contribution in [0.4, 0.5) is 0 Å². The Morgan fingerprint density at radius 1 is 1.17 bits per heavy atom. The fourth-order valence-electron chi connectivity index (χ4n) is 2.44. The van der Waals surface area contributed by atoms with Crippen molar-refractivity contribution >= 4 is 11.3 Å². The van der Waals surface area contributed by atoms with Crippen molar-refractivity contribution in [3.05, 3.63) is 15.6 Å². The molecule has 0 bridgehead atoms. The lowest BCUT2D eigenvalue weighted by molar-refractivity contribution is 0.320. The summed E-state index contributed by atoms with van der Waals surface area (Å²) in [5, 5.41) is 4.99. The van der Waals surface area contributed by atoms with Crippen LogP contribution in [0.25, 0.3) is 0 Å². The second kappa shape index (κ2) is 7.25. The van der Waals surface area contributed by atoms with Crippen LogP contribution in [0.15, 0.2) is 0 Å². The summed E-state index contributed by atoms with van der Waals surface area (Å²) in [5.41, 5.74) is 1.27. The van der Waals surface area contributed by atoms with E-state index in [1.807, 2.05) is 11.3 Å². The molecule has 104 valence electrons. The van der Waals surface area contributed by atoms with Crippen molar-refractivity contribution in [2.45, 2.75) is 72.9 Å². The van der Waals surface area contributed by atoms with Gasteiger partial charge in [0.2, 0.25) is 0 Å². The van der Waals surface area contributed by atoms with Gasteiger partial charge in [-0.25, -0.2) is 4.98 Å². The molecule has 0 aliphatic carbocycles. The van der Waals surface area contributed by atoms with Gasteiger partial charge in [0, 0.05) is 10.9 Å². The van der Waals surface area contributed by atoms with Crippen LogP contribution < -0.4 is 5.32 Å². The lowest BCUT2D eigenvalue weighted by Gasteiger charge is -2.26. The molecule has 18 heavy (non-hydrogen) atoms. The number of nitrogens with one attached hydrogen (secondary N) is 1. The molecule has 0 radical (unpaired) electrons. The normalized spacial score (nSPS) is 13.6. The maximum atomic E-state index is 4.85. The van der Waals surface area contributed by atoms with E-state index in [2.05, 4.69) is 46.9 Å². The van der Waals surface area contributed by atoms with Crippen molar-refractivity contribution < 1.29 is 0 Å². The van der Waals surface area contributed by atoms with Crippen molar-refractivity contribution in [2.75, 3.05) is 0 Å². The zero-order valence-corrected chi connectivity index (χ0v) is 13.5. The molecule has 0 aromatic carbocycles. The highest BCUT2D eigenvalue weighted by Gasteiger charge is 2.24. The van der Waals surface area contributed by atoms with E-state index in [1.54, 1.807) is 0 Å². The SMILES string of the molecule is CCc1nc(C(NC(C)C)C(CC)CC)sc1C. The van der Waals surface area contributed by atoms with E-state index in [1.165, 1.54) is 28.4 Å². The number of thiazole rings is 1. The van der Waals surface area contributed by atoms with Crippen LogP contribution in [0.2, 0.25) is 0 Å². The summed E-state index contributed by atoms with van der Waals surface area (Å²) in [4.78, 5) is 6.24. The van der Waals surface area contributed by atoms with Gasteiger partial charge in [0.15, 0.2) is 0 Å². The number of nitrogens with zero attached hydrogens (tertiary/aromatic N) is 1. The Morgan fingerprint density at radius 2 is 1.78 bits per heavy atom. The molecule has 1 heterocycles. The number of hydrogen-bond acceptors (Lipinski definition) is 3. The van der Waals surface area contributed by atoms with Crippen LogP contribution in [0.5, 0.6) is 0 Å². The predicted molar refractivity (Wildman–Crippen MR) is 81.3 cm³/mol. The molecule has 0 aliphatic rings. The summed E-state index contributed by atoms with van der Waals surface area (Å²) < 4.78 is 0. The van der Waals surface area contributed by atoms with Crippen molar-refractivity contribution in [1.29, 1.82) is 0 Å². The predicted octanol–water partition coefficient (Wildman–Crippen LogP) is 4.49. The highest BCUT2D eigenvalue weighted by molar-refractivity contribution is 7.11. The van der Waals surface area contributed by atoms with Gasteiger partial charge in [-0.15, -0.1) is 11.3 Å². The second-order valence-electron chi connectivity index (χ2n) is 5.28. The number of rotatable bonds is 7. The Kier molecular flexibility index (Phi) is 6.30. The summed E-state index contributed by atoms with van der Waals surface area (Å²) in [6, 6.07) is 0.925. The lowest BCUT2D eigenvalue weighted by Crippen LogP contribution is -2.33. The van der Waals surface area contributed by atoms with Crippen molar-refractivity contribution in [1.82, 2.24) is 10.3 Å². The van der Waals surface area contributed by atoms with Gasteiger partial charge in [-0.05, 0) is 19.3 Å². The van der Waals surface area contributed by atoms with Gasteiger partial charge in [0.1, 0.15) is 5.01 Å². The smallest absolute Gasteiger partial charge is 0.110 e. The third-order valence-electron chi connectivity index (χ3n) is 3.54. The highest BCUT2D eigenvalue weighted by Crippen LogP contribution is 2.32. The van der Waals surface area contributed by atoms with Gasteiger partial charge >= 0.3 is 0 Å². The van der Waals surface area contributed by atoms with Crippen LogP contribution in [-0.4, -0.2) is 11.0 Å². The van der Waals surface area contributed by atoms with Crippen LogP contribution >= 0.6 is 11.3 Å². The number of hydrogen-bond donors (Lipinski definition) is 1. The fraction of sp³-hybridized carbons (Fsp3) is 0.800. The molecule has 1 unspecified atom stereocenters. The summed E-state index contributed by atoms with van der Waals surface area (Å²) in [6.07, 6.45) is 3.46. The molecule has 0 saturated heterocycles. The molecule has 1 atom stereocenters. The summed E-state index contributed by atoms with van der Waals surface area (Å²) in [7, 11) is 0. The Labute approximate surface area is 116 Å². The zero-order valence-electron chi connectivity index (χ0n) is 12.7. The number of aromatic nitrogens is 1. The second-order valence-corrected chi connectivity index (χ2v) is 6.52. The van der Waals surface area contributed by atoms with E-state index in [-0.39, 0.29) is 0 Å². The van der Waals surface area contributed by atoms with Crippen molar-refractivity contribution in [3.63, 3.8) is 0 Å². The molecule has 3 heteroatoms. The number of aryl methyl sites for hydroxylation is 2. The van der Waals surface area contributed by atoms with Crippen molar-refractivity contribution in [2.24, 2.45) is 5.92 Å². The van der Waals surface area contributed by atoms with E-state index in [0.717, 1.165) is 6.42 Å². The van der Waals surface area contributed by atoms with Crippen LogP contribution in [0, 0.1) is 12.8 Å². The standard InChI is InChI=1S/C15H28N2S/c1-7-12(8-2)14(16-10(4)5)15-17-13(9-3)11(6)18-15/h10,12,14,16H,7-9H2,1-6H3. The molecule has 2 nitrogen and oxygen atoms in total. The third kappa shape index (κ3) is 3.79. The average Bonchev–Trinajstić information content (AvgIpc) is 2.70. The Morgan fingerprint density at radius 3 is 2.17 bits per heavy atom. The molecule has 1 aromatic rings. The molecule has 0 saturated carbocycles. The van der Waals surface area contributed by atoms with Gasteiger partial charge < -0.3 is 5.32 Å². The van der Waals surface area contributed by atoms with Crippen LogP contribution in [0.3, 0.4) is 0 Å². The lowest BCUT2D eigenvalue weighted by atomic mass is 9.94. The molecule has 0 aliphatic heterocycles. The molecular formula is C15H28N2S. The molecule has 1 aromatic heterocycles. The van der Waals surface area contributed by atoms with Crippen LogP contribution in [-0.2, 0) is 6.42 Å². The minimum absolute atomic E-state index is 0.420. The van der Waals surface area contributed by atoms with Gasteiger partial charge in [-0.3, -0.25) is 0 Å². The van der Waals surface area contributed by atoms with Gasteiger partial charge in [0.25, 0.3) is 0 Å². The molecule has 0 amide bonds. The first-order chi connectivity index (χ1) is 8.53. The minimum Gasteiger partial charge on any atom is -0.305 e. The van der Waals surface area contributed by atoms with E-state index in [9.17, 15) is 0 Å². The maximum absolute atomic E-state index is 4.85. The van der Waals surface area contributed by atoms with Gasteiger partial charge in [-0.2, -0.15) is 0 Å². The summed E-state index contributed by atoms with van der Waals surface area (Å²) >= 11 is 1.87. The van der Waals surface area contributed by atoms with E-state index < -0.39 is 0 Å². The van der Waals surface area contributed by atoms with E-state index >= 15 is 0 Å². The maximum Gasteiger partial charge on any atom is 0.110 e. The summed E-state index contributed by atoms with van der Waals surface area (Å²) in [6.45, 7) is 13.4. The molecule has 1 rings (SSSR count). The largest absolute Gasteiger partial charge is 0.305 e. The first kappa shape index (κ1) is 15.6. The van der Waals surface area contributed by atoms with Crippen molar-refractivity contribution in [3.8, 4) is 0 Å². The highest BCUT2D eigenvalue weighted by atomic mass is 32.1. The van der Waals surface area contributed by atoms with Gasteiger partial charge in [-0.1, -0.05) is 47.5 Å². The first-order valence-corrected chi connectivity index (χ1v) is 8.07. The first-order valence-electron chi connectivity index (χ1n) is 7.25. The molecule has 1 N–H and O–H groups in total. The van der Waals surface area contributed by atoms with E-state index in [0.29, 0.717) is 18.0 Å². The molecule has 0 spiro atoms. The Bertz CT molecular complexity index is 353. The van der Waals surface area contributed by atoms with Gasteiger partial charge in [0.05, 0.1) is 11.7 Å². The van der Waals surface area contributed by atoms with Crippen LogP contribution in [0.1, 0.15) is 69.1 Å². The topological polar surface area (TPSA) is 24.9 Å². The minimum atomic E-state index is 0.420. The molecular weight excluding hydrogens is 240 g/mol. The quantitative estimate of drug-likeness (QED) is 0.788. The third-order valence-corrected chi connectivity index (χ3v) is 4.64. The Balaban J connectivity index is 3.00.